The van der Waals surface area contributed by atoms with Gasteiger partial charge < -0.3 is 10.4 Å². The molecule has 2 aliphatic rings. The molecule has 3 aromatic rings. The number of carbonyl (C=O) groups is 1. The van der Waals surface area contributed by atoms with E-state index in [2.05, 4.69) is 33.4 Å². The van der Waals surface area contributed by atoms with Crippen molar-refractivity contribution in [2.75, 3.05) is 19.6 Å². The van der Waals surface area contributed by atoms with Crippen molar-refractivity contribution in [2.24, 2.45) is 0 Å². The number of β-amino-alcohol motifs (C(OH)–C–C–N with tert-alkyl or cyclic N) is 1. The molecule has 2 fully saturated rings. The molecule has 31 heavy (non-hydrogen) atoms. The highest BCUT2D eigenvalue weighted by molar-refractivity contribution is 5.93. The van der Waals surface area contributed by atoms with Crippen LogP contribution in [-0.2, 0) is 10.2 Å². The number of rotatable bonds is 6. The van der Waals surface area contributed by atoms with Gasteiger partial charge >= 0.3 is 0 Å². The number of aliphatic hydroxyl groups excluding tert-OH is 1. The van der Waals surface area contributed by atoms with Gasteiger partial charge in [0.1, 0.15) is 0 Å². The molecule has 1 saturated carbocycles. The van der Waals surface area contributed by atoms with Gasteiger partial charge in [-0.2, -0.15) is 0 Å². The second kappa shape index (κ2) is 8.95. The van der Waals surface area contributed by atoms with Gasteiger partial charge in [0.2, 0.25) is 5.91 Å². The molecule has 1 saturated heterocycles. The number of benzene rings is 2. The van der Waals surface area contributed by atoms with Crippen LogP contribution in [0.2, 0.25) is 0 Å². The molecule has 1 aromatic heterocycles. The lowest BCUT2D eigenvalue weighted by molar-refractivity contribution is -0.124. The van der Waals surface area contributed by atoms with Crippen LogP contribution in [-0.4, -0.2) is 46.6 Å². The Morgan fingerprint density at radius 3 is 2.61 bits per heavy atom. The first-order chi connectivity index (χ1) is 14.6. The molecule has 2 aromatic carbocycles. The van der Waals surface area contributed by atoms with Crippen LogP contribution in [0, 0.1) is 0 Å². The third-order valence-corrected chi connectivity index (χ3v) is 6.52. The molecular weight excluding hydrogens is 410 g/mol. The van der Waals surface area contributed by atoms with E-state index in [1.807, 2.05) is 48.7 Å². The van der Waals surface area contributed by atoms with Crippen molar-refractivity contribution in [3.05, 3.63) is 78.0 Å². The SMILES string of the molecule is Cl.O=C(N[C@H](CN1CC[C@H](O)C1)c1ccccc1)C1(c2cnc3ccccc3c2)CC1. The Hall–Kier alpha value is -2.47. The van der Waals surface area contributed by atoms with Crippen LogP contribution >= 0.6 is 12.4 Å². The Labute approximate surface area is 188 Å². The number of carbonyl (C=O) groups excluding carboxylic acids is 1. The van der Waals surface area contributed by atoms with Gasteiger partial charge in [-0.25, -0.2) is 0 Å². The molecule has 0 unspecified atom stereocenters. The minimum atomic E-state index is -0.478. The normalized spacial score (nSPS) is 20.7. The predicted molar refractivity (Wildman–Crippen MR) is 124 cm³/mol. The van der Waals surface area contributed by atoms with Gasteiger partial charge in [0, 0.05) is 31.2 Å². The summed E-state index contributed by atoms with van der Waals surface area (Å²) < 4.78 is 0. The van der Waals surface area contributed by atoms with Crippen LogP contribution in [0.15, 0.2) is 66.9 Å². The Kier molecular flexibility index (Phi) is 6.28. The van der Waals surface area contributed by atoms with Crippen molar-refractivity contribution >= 4 is 29.2 Å². The number of nitrogens with zero attached hydrogens (tertiary/aromatic N) is 2. The smallest absolute Gasteiger partial charge is 0.231 e. The number of fused-ring (bicyclic) bond motifs is 1. The van der Waals surface area contributed by atoms with E-state index >= 15 is 0 Å². The third kappa shape index (κ3) is 4.45. The third-order valence-electron chi connectivity index (χ3n) is 6.52. The molecule has 2 heterocycles. The van der Waals surface area contributed by atoms with E-state index < -0.39 is 5.41 Å². The van der Waals surface area contributed by atoms with Crippen molar-refractivity contribution in [3.63, 3.8) is 0 Å². The molecule has 0 radical (unpaired) electrons. The molecule has 1 aliphatic carbocycles. The lowest BCUT2D eigenvalue weighted by atomic mass is 9.94. The first-order valence-corrected chi connectivity index (χ1v) is 10.8. The number of hydrogen-bond acceptors (Lipinski definition) is 4. The van der Waals surface area contributed by atoms with E-state index in [1.54, 1.807) is 0 Å². The Morgan fingerprint density at radius 2 is 1.90 bits per heavy atom. The zero-order chi connectivity index (χ0) is 20.6. The van der Waals surface area contributed by atoms with Crippen molar-refractivity contribution in [1.82, 2.24) is 15.2 Å². The van der Waals surface area contributed by atoms with E-state index in [-0.39, 0.29) is 30.5 Å². The van der Waals surface area contributed by atoms with Gasteiger partial charge in [0.25, 0.3) is 0 Å². The fourth-order valence-electron chi connectivity index (χ4n) is 4.56. The second-order valence-electron chi connectivity index (χ2n) is 8.64. The largest absolute Gasteiger partial charge is 0.392 e. The molecule has 162 valence electrons. The van der Waals surface area contributed by atoms with Crippen molar-refractivity contribution in [3.8, 4) is 0 Å². The highest BCUT2D eigenvalue weighted by Gasteiger charge is 2.52. The summed E-state index contributed by atoms with van der Waals surface area (Å²) in [6, 6.07) is 20.2. The average Bonchev–Trinajstić information content (AvgIpc) is 3.50. The summed E-state index contributed by atoms with van der Waals surface area (Å²) in [7, 11) is 0. The van der Waals surface area contributed by atoms with Crippen LogP contribution in [0.3, 0.4) is 0 Å². The molecule has 1 amide bonds. The number of hydrogen-bond donors (Lipinski definition) is 2. The van der Waals surface area contributed by atoms with Crippen LogP contribution in [0.25, 0.3) is 10.9 Å². The number of amides is 1. The number of aliphatic hydroxyl groups is 1. The van der Waals surface area contributed by atoms with Crippen molar-refractivity contribution in [1.29, 1.82) is 0 Å². The number of pyridine rings is 1. The fourth-order valence-corrected chi connectivity index (χ4v) is 4.56. The lowest BCUT2D eigenvalue weighted by Gasteiger charge is -2.27. The molecule has 6 heteroatoms. The minimum absolute atomic E-state index is 0. The predicted octanol–water partition coefficient (Wildman–Crippen LogP) is 3.61. The molecule has 2 N–H and O–H groups in total. The molecular formula is C25H28ClN3O2. The Balaban J connectivity index is 0.00000231. The fraction of sp³-hybridized carbons (Fsp3) is 0.360. The molecule has 0 spiro atoms. The molecule has 2 atom stereocenters. The number of halogens is 1. The first kappa shape index (κ1) is 21.8. The Morgan fingerprint density at radius 1 is 1.16 bits per heavy atom. The standard InChI is InChI=1S/C25H27N3O2.ClH/c29-21-10-13-28(16-21)17-23(18-6-2-1-3-7-18)27-24(30)25(11-12-25)20-14-19-8-4-5-9-22(19)26-15-20;/h1-9,14-15,21,23,29H,10-13,16-17H2,(H,27,30);1H/t21-,23+;/m0./s1. The van der Waals surface area contributed by atoms with Gasteiger partial charge in [-0.1, -0.05) is 48.5 Å². The molecule has 1 aliphatic heterocycles. The number of aromatic nitrogens is 1. The zero-order valence-corrected chi connectivity index (χ0v) is 18.2. The maximum Gasteiger partial charge on any atom is 0.231 e. The van der Waals surface area contributed by atoms with E-state index in [0.717, 1.165) is 47.8 Å². The number of para-hydroxylation sites is 1. The molecule has 5 nitrogen and oxygen atoms in total. The van der Waals surface area contributed by atoms with Crippen molar-refractivity contribution < 1.29 is 9.90 Å². The average molecular weight is 438 g/mol. The van der Waals surface area contributed by atoms with Crippen LogP contribution in [0.5, 0.6) is 0 Å². The lowest BCUT2D eigenvalue weighted by Crippen LogP contribution is -2.42. The van der Waals surface area contributed by atoms with Gasteiger partial charge in [-0.15, -0.1) is 12.4 Å². The highest BCUT2D eigenvalue weighted by atomic mass is 35.5. The number of likely N-dealkylation sites (tertiary alicyclic amines) is 1. The van der Waals surface area contributed by atoms with Crippen LogP contribution in [0.1, 0.15) is 36.4 Å². The summed E-state index contributed by atoms with van der Waals surface area (Å²) in [6.45, 7) is 2.23. The summed E-state index contributed by atoms with van der Waals surface area (Å²) in [4.78, 5) is 20.3. The highest BCUT2D eigenvalue weighted by Crippen LogP contribution is 2.49. The van der Waals surface area contributed by atoms with E-state index in [4.69, 9.17) is 0 Å². The minimum Gasteiger partial charge on any atom is -0.392 e. The maximum atomic E-state index is 13.5. The summed E-state index contributed by atoms with van der Waals surface area (Å²) in [5.41, 5.74) is 2.57. The molecule has 0 bridgehead atoms. The first-order valence-electron chi connectivity index (χ1n) is 10.8. The zero-order valence-electron chi connectivity index (χ0n) is 17.4. The van der Waals surface area contributed by atoms with Gasteiger partial charge in [-0.3, -0.25) is 14.7 Å². The summed E-state index contributed by atoms with van der Waals surface area (Å²) in [5.74, 6) is 0.0770. The van der Waals surface area contributed by atoms with Gasteiger partial charge in [-0.05, 0) is 42.5 Å². The molecule has 5 rings (SSSR count). The topological polar surface area (TPSA) is 65.5 Å². The summed E-state index contributed by atoms with van der Waals surface area (Å²) >= 11 is 0. The maximum absolute atomic E-state index is 13.5. The van der Waals surface area contributed by atoms with Gasteiger partial charge in [0.15, 0.2) is 0 Å². The second-order valence-corrected chi connectivity index (χ2v) is 8.64. The Bertz CT molecular complexity index is 1050. The van der Waals surface area contributed by atoms with E-state index in [9.17, 15) is 9.90 Å². The summed E-state index contributed by atoms with van der Waals surface area (Å²) in [6.07, 6.45) is 4.09. The van der Waals surface area contributed by atoms with Gasteiger partial charge in [0.05, 0.1) is 23.1 Å². The number of nitrogens with one attached hydrogen (secondary N) is 1. The summed E-state index contributed by atoms with van der Waals surface area (Å²) in [5, 5.41) is 14.3. The van der Waals surface area contributed by atoms with Crippen LogP contribution < -0.4 is 5.32 Å². The van der Waals surface area contributed by atoms with Crippen molar-refractivity contribution in [2.45, 2.75) is 36.8 Å². The quantitative estimate of drug-likeness (QED) is 0.618. The van der Waals surface area contributed by atoms with E-state index in [1.165, 1.54) is 0 Å². The van der Waals surface area contributed by atoms with E-state index in [0.29, 0.717) is 13.1 Å². The van der Waals surface area contributed by atoms with Crippen LogP contribution in [0.4, 0.5) is 0 Å². The monoisotopic (exact) mass is 437 g/mol.